The van der Waals surface area contributed by atoms with Crippen LogP contribution in [0.5, 0.6) is 0 Å². The molecule has 5 heteroatoms. The summed E-state index contributed by atoms with van der Waals surface area (Å²) in [7, 11) is 1.24. The summed E-state index contributed by atoms with van der Waals surface area (Å²) < 4.78 is 4.44. The third-order valence-corrected chi connectivity index (χ3v) is 2.23. The number of rotatable bonds is 1. The van der Waals surface area contributed by atoms with E-state index in [0.29, 0.717) is 0 Å². The van der Waals surface area contributed by atoms with Gasteiger partial charge in [-0.05, 0) is 6.42 Å². The van der Waals surface area contributed by atoms with Gasteiger partial charge in [-0.15, -0.1) is 0 Å². The molecule has 5 nitrogen and oxygen atoms in total. The van der Waals surface area contributed by atoms with Crippen LogP contribution in [-0.2, 0) is 9.53 Å². The van der Waals surface area contributed by atoms with E-state index in [-0.39, 0.29) is 6.42 Å². The SMILES string of the molecule is COC(=O)[C@H]1C[C@@H](N)C(O)[C@H]1O. The summed E-state index contributed by atoms with van der Waals surface area (Å²) in [5, 5.41) is 18.5. The zero-order chi connectivity index (χ0) is 9.30. The molecule has 0 bridgehead atoms. The van der Waals surface area contributed by atoms with Crippen molar-refractivity contribution in [2.24, 2.45) is 11.7 Å². The topological polar surface area (TPSA) is 92.8 Å². The predicted octanol–water partition coefficient (Wildman–Crippen LogP) is -1.77. The molecule has 0 aliphatic heterocycles. The Labute approximate surface area is 70.1 Å². The third kappa shape index (κ3) is 1.43. The first-order valence-corrected chi connectivity index (χ1v) is 3.77. The van der Waals surface area contributed by atoms with Crippen molar-refractivity contribution >= 4 is 5.97 Å². The van der Waals surface area contributed by atoms with Crippen LogP contribution in [0.15, 0.2) is 0 Å². The van der Waals surface area contributed by atoms with E-state index in [9.17, 15) is 15.0 Å². The number of aliphatic hydroxyl groups is 2. The zero-order valence-electron chi connectivity index (χ0n) is 6.80. The molecule has 4 N–H and O–H groups in total. The van der Waals surface area contributed by atoms with Gasteiger partial charge >= 0.3 is 5.97 Å². The molecule has 1 rings (SSSR count). The molecule has 1 aliphatic rings. The van der Waals surface area contributed by atoms with E-state index in [1.54, 1.807) is 0 Å². The van der Waals surface area contributed by atoms with Crippen molar-refractivity contribution in [2.45, 2.75) is 24.7 Å². The van der Waals surface area contributed by atoms with Gasteiger partial charge in [-0.1, -0.05) is 0 Å². The molecule has 0 amide bonds. The van der Waals surface area contributed by atoms with Crippen molar-refractivity contribution in [1.29, 1.82) is 0 Å². The largest absolute Gasteiger partial charge is 0.469 e. The van der Waals surface area contributed by atoms with Crippen molar-refractivity contribution in [1.82, 2.24) is 0 Å². The highest BCUT2D eigenvalue weighted by Gasteiger charge is 2.43. The van der Waals surface area contributed by atoms with Gasteiger partial charge in [0.25, 0.3) is 0 Å². The minimum atomic E-state index is -1.09. The fraction of sp³-hybridized carbons (Fsp3) is 0.857. The van der Waals surface area contributed by atoms with Gasteiger partial charge in [0.05, 0.1) is 25.2 Å². The van der Waals surface area contributed by atoms with E-state index in [4.69, 9.17) is 5.73 Å². The molecule has 1 unspecified atom stereocenters. The number of hydrogen-bond acceptors (Lipinski definition) is 5. The summed E-state index contributed by atoms with van der Waals surface area (Å²) in [6, 6.07) is -0.538. The molecule has 0 spiro atoms. The van der Waals surface area contributed by atoms with Gasteiger partial charge < -0.3 is 20.7 Å². The van der Waals surface area contributed by atoms with Gasteiger partial charge in [-0.2, -0.15) is 0 Å². The fourth-order valence-electron chi connectivity index (χ4n) is 1.45. The van der Waals surface area contributed by atoms with E-state index >= 15 is 0 Å². The minimum absolute atomic E-state index is 0.273. The van der Waals surface area contributed by atoms with E-state index in [2.05, 4.69) is 4.74 Å². The lowest BCUT2D eigenvalue weighted by atomic mass is 10.1. The van der Waals surface area contributed by atoms with Crippen molar-refractivity contribution in [3.63, 3.8) is 0 Å². The third-order valence-electron chi connectivity index (χ3n) is 2.23. The van der Waals surface area contributed by atoms with Crippen molar-refractivity contribution in [3.8, 4) is 0 Å². The highest BCUT2D eigenvalue weighted by Crippen LogP contribution is 2.26. The normalized spacial score (nSPS) is 41.3. The lowest BCUT2D eigenvalue weighted by molar-refractivity contribution is -0.149. The van der Waals surface area contributed by atoms with Crippen molar-refractivity contribution in [2.75, 3.05) is 7.11 Å². The van der Waals surface area contributed by atoms with Crippen LogP contribution in [0.25, 0.3) is 0 Å². The Morgan fingerprint density at radius 1 is 1.50 bits per heavy atom. The lowest BCUT2D eigenvalue weighted by Gasteiger charge is -2.13. The van der Waals surface area contributed by atoms with Crippen LogP contribution in [-0.4, -0.2) is 41.5 Å². The molecule has 70 valence electrons. The highest BCUT2D eigenvalue weighted by molar-refractivity contribution is 5.73. The van der Waals surface area contributed by atoms with Crippen LogP contribution in [0.4, 0.5) is 0 Å². The molecular weight excluding hydrogens is 162 g/mol. The number of methoxy groups -OCH3 is 1. The lowest BCUT2D eigenvalue weighted by Crippen LogP contribution is -2.36. The average molecular weight is 175 g/mol. The Hall–Kier alpha value is -0.650. The number of aliphatic hydroxyl groups excluding tert-OH is 2. The molecule has 12 heavy (non-hydrogen) atoms. The second kappa shape index (κ2) is 3.38. The number of esters is 1. The van der Waals surface area contributed by atoms with Gasteiger partial charge in [0, 0.05) is 6.04 Å². The molecule has 1 saturated carbocycles. The summed E-state index contributed by atoms with van der Waals surface area (Å²) in [5.74, 6) is -1.20. The fourth-order valence-corrected chi connectivity index (χ4v) is 1.45. The zero-order valence-corrected chi connectivity index (χ0v) is 6.80. The number of carbonyl (C=O) groups is 1. The second-order valence-electron chi connectivity index (χ2n) is 3.01. The Morgan fingerprint density at radius 2 is 2.08 bits per heavy atom. The van der Waals surface area contributed by atoms with Gasteiger partial charge in [-0.25, -0.2) is 0 Å². The van der Waals surface area contributed by atoms with Gasteiger partial charge in [0.1, 0.15) is 0 Å². The molecule has 4 atom stereocenters. The first-order valence-electron chi connectivity index (χ1n) is 3.77. The molecule has 0 radical (unpaired) electrons. The van der Waals surface area contributed by atoms with Gasteiger partial charge in [-0.3, -0.25) is 4.79 Å². The molecule has 0 heterocycles. The summed E-state index contributed by atoms with van der Waals surface area (Å²) in [6.45, 7) is 0. The van der Waals surface area contributed by atoms with E-state index in [1.807, 2.05) is 0 Å². The molecular formula is C7H13NO4. The van der Waals surface area contributed by atoms with Crippen LogP contribution in [0.1, 0.15) is 6.42 Å². The molecule has 1 aliphatic carbocycles. The van der Waals surface area contributed by atoms with E-state index in [0.717, 1.165) is 0 Å². The van der Waals surface area contributed by atoms with Crippen molar-refractivity contribution in [3.05, 3.63) is 0 Å². The van der Waals surface area contributed by atoms with Crippen molar-refractivity contribution < 1.29 is 19.7 Å². The monoisotopic (exact) mass is 175 g/mol. The maximum absolute atomic E-state index is 11.0. The number of nitrogens with two attached hydrogens (primary N) is 1. The summed E-state index contributed by atoms with van der Waals surface area (Å²) in [6.07, 6.45) is -1.84. The van der Waals surface area contributed by atoms with E-state index in [1.165, 1.54) is 7.11 Å². The molecule has 0 aromatic carbocycles. The first-order chi connectivity index (χ1) is 5.57. The standard InChI is InChI=1S/C7H13NO4/c1-12-7(11)3-2-4(8)6(10)5(3)9/h3-6,9-10H,2,8H2,1H3/t3-,4+,5-,6?/m0/s1. The molecule has 0 saturated heterocycles. The summed E-state index contributed by atoms with van der Waals surface area (Å²) in [4.78, 5) is 11.0. The Balaban J connectivity index is 2.64. The smallest absolute Gasteiger partial charge is 0.311 e. The number of hydrogen-bond donors (Lipinski definition) is 3. The van der Waals surface area contributed by atoms with E-state index < -0.39 is 30.1 Å². The van der Waals surface area contributed by atoms with Gasteiger partial charge in [0.15, 0.2) is 0 Å². The molecule has 1 fully saturated rings. The number of ether oxygens (including phenoxy) is 1. The van der Waals surface area contributed by atoms with Crippen LogP contribution in [0, 0.1) is 5.92 Å². The van der Waals surface area contributed by atoms with Crippen LogP contribution >= 0.6 is 0 Å². The van der Waals surface area contributed by atoms with Gasteiger partial charge in [0.2, 0.25) is 0 Å². The first kappa shape index (κ1) is 9.44. The second-order valence-corrected chi connectivity index (χ2v) is 3.01. The quantitative estimate of drug-likeness (QED) is 0.410. The Bertz CT molecular complexity index is 184. The predicted molar refractivity (Wildman–Crippen MR) is 40.1 cm³/mol. The minimum Gasteiger partial charge on any atom is -0.469 e. The molecule has 0 aromatic heterocycles. The average Bonchev–Trinajstić information content (AvgIpc) is 2.32. The summed E-state index contributed by atoms with van der Waals surface area (Å²) in [5.41, 5.74) is 5.43. The van der Waals surface area contributed by atoms with Crippen LogP contribution < -0.4 is 5.73 Å². The maximum atomic E-state index is 11.0. The highest BCUT2D eigenvalue weighted by atomic mass is 16.5. The Kier molecular flexibility index (Phi) is 2.66. The Morgan fingerprint density at radius 3 is 2.42 bits per heavy atom. The summed E-state index contributed by atoms with van der Waals surface area (Å²) >= 11 is 0. The molecule has 0 aromatic rings. The number of carbonyl (C=O) groups excluding carboxylic acids is 1. The van der Waals surface area contributed by atoms with Crippen LogP contribution in [0.3, 0.4) is 0 Å². The van der Waals surface area contributed by atoms with Crippen LogP contribution in [0.2, 0.25) is 0 Å². The maximum Gasteiger partial charge on any atom is 0.311 e.